The predicted molar refractivity (Wildman–Crippen MR) is 79.7 cm³/mol. The molecule has 3 atom stereocenters. The summed E-state index contributed by atoms with van der Waals surface area (Å²) in [6, 6.07) is 0. The van der Waals surface area contributed by atoms with E-state index in [4.69, 9.17) is 4.74 Å². The van der Waals surface area contributed by atoms with Crippen LogP contribution in [0.5, 0.6) is 0 Å². The fraction of sp³-hybridized carbons (Fsp3) is 0.933. The third-order valence-electron chi connectivity index (χ3n) is 5.10. The molecule has 0 aromatic rings. The van der Waals surface area contributed by atoms with Gasteiger partial charge in [-0.1, -0.05) is 13.8 Å². The number of fused-ring (bicyclic) bond motifs is 2. The molecule has 20 heavy (non-hydrogen) atoms. The first-order valence-corrected chi connectivity index (χ1v) is 7.94. The van der Waals surface area contributed by atoms with Gasteiger partial charge >= 0.3 is 5.97 Å². The molecular formula is C15H29N3O2. The summed E-state index contributed by atoms with van der Waals surface area (Å²) in [6.07, 6.45) is 1.98. The van der Waals surface area contributed by atoms with Crippen LogP contribution in [0.1, 0.15) is 26.7 Å². The first kappa shape index (κ1) is 15.7. The number of hydrogen-bond acceptors (Lipinski definition) is 5. The number of nitrogens with one attached hydrogen (secondary N) is 1. The highest BCUT2D eigenvalue weighted by molar-refractivity contribution is 5.81. The van der Waals surface area contributed by atoms with Crippen LogP contribution >= 0.6 is 0 Å². The molecule has 0 amide bonds. The smallest absolute Gasteiger partial charge is 0.326 e. The molecule has 0 saturated carbocycles. The van der Waals surface area contributed by atoms with Crippen LogP contribution in [0.2, 0.25) is 0 Å². The number of hydrogen-bond donors (Lipinski definition) is 1. The van der Waals surface area contributed by atoms with E-state index in [1.165, 1.54) is 7.11 Å². The first-order valence-electron chi connectivity index (χ1n) is 7.94. The number of esters is 1. The van der Waals surface area contributed by atoms with Gasteiger partial charge < -0.3 is 19.9 Å². The second-order valence-electron chi connectivity index (χ2n) is 5.95. The molecule has 5 nitrogen and oxygen atoms in total. The van der Waals surface area contributed by atoms with Gasteiger partial charge in [-0.25, -0.2) is 0 Å². The molecule has 0 aromatic heterocycles. The van der Waals surface area contributed by atoms with Crippen molar-refractivity contribution in [2.24, 2.45) is 5.92 Å². The third kappa shape index (κ3) is 3.00. The van der Waals surface area contributed by atoms with Gasteiger partial charge in [-0.2, -0.15) is 0 Å². The molecular weight excluding hydrogens is 254 g/mol. The SMILES string of the molecule is CCN(CC)CCNC1(C(=O)OC)CCN2CCC1C2. The molecule has 2 aliphatic rings. The Kier molecular flexibility index (Phi) is 5.41. The van der Waals surface area contributed by atoms with Gasteiger partial charge in [0.1, 0.15) is 5.54 Å². The predicted octanol–water partition coefficient (Wildman–Crippen LogP) is 0.555. The van der Waals surface area contributed by atoms with Crippen molar-refractivity contribution in [1.82, 2.24) is 15.1 Å². The molecule has 0 spiro atoms. The maximum Gasteiger partial charge on any atom is 0.326 e. The molecule has 116 valence electrons. The molecule has 0 aromatic carbocycles. The molecule has 5 heteroatoms. The van der Waals surface area contributed by atoms with Gasteiger partial charge in [0.15, 0.2) is 0 Å². The lowest BCUT2D eigenvalue weighted by atomic mass is 9.78. The van der Waals surface area contributed by atoms with Crippen LogP contribution < -0.4 is 5.32 Å². The van der Waals surface area contributed by atoms with E-state index >= 15 is 0 Å². The minimum atomic E-state index is -0.450. The Morgan fingerprint density at radius 1 is 1.40 bits per heavy atom. The number of piperidine rings is 1. The maximum absolute atomic E-state index is 12.4. The standard InChI is InChI=1S/C15H29N3O2/c1-4-17(5-2)11-8-16-15(14(19)20-3)7-10-18-9-6-13(15)12-18/h13,16H,4-12H2,1-3H3. The van der Waals surface area contributed by atoms with Crippen LogP contribution in [-0.2, 0) is 9.53 Å². The molecule has 2 bridgehead atoms. The molecule has 0 aliphatic carbocycles. The Bertz CT molecular complexity index is 333. The zero-order valence-corrected chi connectivity index (χ0v) is 13.2. The third-order valence-corrected chi connectivity index (χ3v) is 5.10. The Morgan fingerprint density at radius 2 is 2.15 bits per heavy atom. The van der Waals surface area contributed by atoms with E-state index in [0.29, 0.717) is 5.92 Å². The molecule has 1 N–H and O–H groups in total. The minimum Gasteiger partial charge on any atom is -0.468 e. The summed E-state index contributed by atoms with van der Waals surface area (Å²) in [4.78, 5) is 17.2. The highest BCUT2D eigenvalue weighted by Crippen LogP contribution is 2.36. The summed E-state index contributed by atoms with van der Waals surface area (Å²) < 4.78 is 5.12. The summed E-state index contributed by atoms with van der Waals surface area (Å²) in [5, 5.41) is 3.57. The van der Waals surface area contributed by atoms with Gasteiger partial charge in [0.05, 0.1) is 7.11 Å². The molecule has 2 heterocycles. The van der Waals surface area contributed by atoms with Gasteiger partial charge in [0.25, 0.3) is 0 Å². The summed E-state index contributed by atoms with van der Waals surface area (Å²) in [6.45, 7) is 11.5. The van der Waals surface area contributed by atoms with Crippen LogP contribution in [0.4, 0.5) is 0 Å². The van der Waals surface area contributed by atoms with Crippen molar-refractivity contribution in [3.8, 4) is 0 Å². The van der Waals surface area contributed by atoms with E-state index in [9.17, 15) is 4.79 Å². The van der Waals surface area contributed by atoms with Crippen LogP contribution in [0, 0.1) is 5.92 Å². The number of rotatable bonds is 7. The lowest BCUT2D eigenvalue weighted by molar-refractivity contribution is -0.152. The number of nitrogens with zero attached hydrogens (tertiary/aromatic N) is 2. The largest absolute Gasteiger partial charge is 0.468 e. The summed E-state index contributed by atoms with van der Waals surface area (Å²) >= 11 is 0. The second kappa shape index (κ2) is 6.87. The van der Waals surface area contributed by atoms with Gasteiger partial charge in [-0.05, 0) is 32.5 Å². The molecule has 2 aliphatic heterocycles. The van der Waals surface area contributed by atoms with E-state index in [0.717, 1.165) is 58.7 Å². The lowest BCUT2D eigenvalue weighted by Gasteiger charge is -2.41. The number of methoxy groups -OCH3 is 1. The Balaban J connectivity index is 1.99. The van der Waals surface area contributed by atoms with Crippen molar-refractivity contribution in [3.05, 3.63) is 0 Å². The normalized spacial score (nSPS) is 32.6. The first-order chi connectivity index (χ1) is 9.66. The number of likely N-dealkylation sites (N-methyl/N-ethyl adjacent to an activating group) is 1. The topological polar surface area (TPSA) is 44.8 Å². The number of ether oxygens (including phenoxy) is 1. The highest BCUT2D eigenvalue weighted by atomic mass is 16.5. The number of carbonyl (C=O) groups is 1. The molecule has 2 saturated heterocycles. The molecule has 2 rings (SSSR count). The molecule has 2 fully saturated rings. The lowest BCUT2D eigenvalue weighted by Crippen LogP contribution is -2.62. The van der Waals surface area contributed by atoms with Crippen LogP contribution in [-0.4, -0.2) is 74.2 Å². The number of carbonyl (C=O) groups excluding carboxylic acids is 1. The summed E-state index contributed by atoms with van der Waals surface area (Å²) in [7, 11) is 1.51. The van der Waals surface area contributed by atoms with Crippen molar-refractivity contribution >= 4 is 5.97 Å². The highest BCUT2D eigenvalue weighted by Gasteiger charge is 2.51. The van der Waals surface area contributed by atoms with Crippen LogP contribution in [0.15, 0.2) is 0 Å². The van der Waals surface area contributed by atoms with Gasteiger partial charge in [0, 0.05) is 32.1 Å². The zero-order chi connectivity index (χ0) is 14.6. The fourth-order valence-corrected chi connectivity index (χ4v) is 3.71. The summed E-state index contributed by atoms with van der Waals surface area (Å²) in [5.41, 5.74) is -0.450. The average molecular weight is 283 g/mol. The van der Waals surface area contributed by atoms with Crippen molar-refractivity contribution in [2.75, 3.05) is 52.9 Å². The van der Waals surface area contributed by atoms with Crippen LogP contribution in [0.25, 0.3) is 0 Å². The van der Waals surface area contributed by atoms with Gasteiger partial charge in [0.2, 0.25) is 0 Å². The Labute approximate surface area is 122 Å². The van der Waals surface area contributed by atoms with Crippen molar-refractivity contribution < 1.29 is 9.53 Å². The molecule has 3 unspecified atom stereocenters. The van der Waals surface area contributed by atoms with E-state index in [2.05, 4.69) is 29.0 Å². The van der Waals surface area contributed by atoms with E-state index < -0.39 is 5.54 Å². The van der Waals surface area contributed by atoms with Crippen molar-refractivity contribution in [1.29, 1.82) is 0 Å². The van der Waals surface area contributed by atoms with Crippen molar-refractivity contribution in [3.63, 3.8) is 0 Å². The maximum atomic E-state index is 12.4. The summed E-state index contributed by atoms with van der Waals surface area (Å²) in [5.74, 6) is 0.337. The average Bonchev–Trinajstić information content (AvgIpc) is 2.89. The minimum absolute atomic E-state index is 0.0661. The Morgan fingerprint density at radius 3 is 2.80 bits per heavy atom. The van der Waals surface area contributed by atoms with E-state index in [1.54, 1.807) is 0 Å². The van der Waals surface area contributed by atoms with Gasteiger partial charge in [-0.3, -0.25) is 4.79 Å². The molecule has 0 radical (unpaired) electrons. The fourth-order valence-electron chi connectivity index (χ4n) is 3.71. The monoisotopic (exact) mass is 283 g/mol. The zero-order valence-electron chi connectivity index (χ0n) is 13.2. The van der Waals surface area contributed by atoms with E-state index in [1.807, 2.05) is 0 Å². The van der Waals surface area contributed by atoms with Crippen LogP contribution in [0.3, 0.4) is 0 Å². The van der Waals surface area contributed by atoms with Gasteiger partial charge in [-0.15, -0.1) is 0 Å². The van der Waals surface area contributed by atoms with E-state index in [-0.39, 0.29) is 5.97 Å². The second-order valence-corrected chi connectivity index (χ2v) is 5.95. The van der Waals surface area contributed by atoms with Crippen molar-refractivity contribution in [2.45, 2.75) is 32.2 Å². The quantitative estimate of drug-likeness (QED) is 0.692. The Hall–Kier alpha value is -0.650.